The Morgan fingerprint density at radius 2 is 2.39 bits per heavy atom. The number of hydrogen-bond acceptors (Lipinski definition) is 4. The lowest BCUT2D eigenvalue weighted by molar-refractivity contribution is -0.117. The van der Waals surface area contributed by atoms with Gasteiger partial charge in [0.2, 0.25) is 5.91 Å². The molecule has 5 heteroatoms. The van der Waals surface area contributed by atoms with E-state index in [2.05, 4.69) is 10.6 Å². The first kappa shape index (κ1) is 12.6. The smallest absolute Gasteiger partial charge is 0.226 e. The van der Waals surface area contributed by atoms with Crippen LogP contribution in [0.2, 0.25) is 0 Å². The third-order valence-electron chi connectivity index (χ3n) is 2.75. The second-order valence-corrected chi connectivity index (χ2v) is 4.14. The van der Waals surface area contributed by atoms with Crippen LogP contribution in [0.3, 0.4) is 0 Å². The van der Waals surface area contributed by atoms with Crippen LogP contribution < -0.4 is 10.6 Å². The molecule has 1 aliphatic rings. The fourth-order valence-corrected chi connectivity index (χ4v) is 1.87. The first-order valence-electron chi connectivity index (χ1n) is 5.89. The minimum Gasteiger partial charge on any atom is -0.378 e. The lowest BCUT2D eigenvalue weighted by atomic mass is 10.1. The van der Waals surface area contributed by atoms with Gasteiger partial charge in [0.1, 0.15) is 6.07 Å². The topological polar surface area (TPSA) is 74.2 Å². The SMILES string of the molecule is N#Cc1ccccc1NC(=O)CC1COCCN1. The molecule has 1 atom stereocenters. The molecule has 1 unspecified atom stereocenters. The van der Waals surface area contributed by atoms with Crippen LogP contribution in [0.25, 0.3) is 0 Å². The van der Waals surface area contributed by atoms with Gasteiger partial charge in [0.15, 0.2) is 0 Å². The van der Waals surface area contributed by atoms with E-state index in [4.69, 9.17) is 10.00 Å². The van der Waals surface area contributed by atoms with E-state index in [9.17, 15) is 4.79 Å². The van der Waals surface area contributed by atoms with Gasteiger partial charge in [0.25, 0.3) is 0 Å². The number of ether oxygens (including phenoxy) is 1. The number of anilines is 1. The molecule has 1 aromatic carbocycles. The highest BCUT2D eigenvalue weighted by Gasteiger charge is 2.17. The Kier molecular flexibility index (Phi) is 4.29. The standard InChI is InChI=1S/C13H15N3O2/c14-8-10-3-1-2-4-12(10)16-13(17)7-11-9-18-6-5-15-11/h1-4,11,15H,5-7,9H2,(H,16,17). The van der Waals surface area contributed by atoms with Crippen molar-refractivity contribution in [1.82, 2.24) is 5.32 Å². The zero-order valence-electron chi connectivity index (χ0n) is 9.98. The van der Waals surface area contributed by atoms with Crippen LogP contribution >= 0.6 is 0 Å². The minimum absolute atomic E-state index is 0.0491. The van der Waals surface area contributed by atoms with Gasteiger partial charge in [-0.05, 0) is 12.1 Å². The number of morpholine rings is 1. The van der Waals surface area contributed by atoms with E-state index in [1.165, 1.54) is 0 Å². The summed E-state index contributed by atoms with van der Waals surface area (Å²) in [6.07, 6.45) is 0.347. The maximum Gasteiger partial charge on any atom is 0.226 e. The van der Waals surface area contributed by atoms with Crippen LogP contribution in [0.15, 0.2) is 24.3 Å². The molecule has 1 aliphatic heterocycles. The van der Waals surface area contributed by atoms with Gasteiger partial charge < -0.3 is 15.4 Å². The fourth-order valence-electron chi connectivity index (χ4n) is 1.87. The molecule has 2 rings (SSSR count). The quantitative estimate of drug-likeness (QED) is 0.829. The molecule has 1 amide bonds. The summed E-state index contributed by atoms with van der Waals surface area (Å²) in [5.41, 5.74) is 1.03. The molecule has 1 heterocycles. The third kappa shape index (κ3) is 3.29. The highest BCUT2D eigenvalue weighted by Crippen LogP contribution is 2.14. The first-order chi connectivity index (χ1) is 8.79. The first-order valence-corrected chi connectivity index (χ1v) is 5.89. The highest BCUT2D eigenvalue weighted by molar-refractivity contribution is 5.92. The van der Waals surface area contributed by atoms with Crippen molar-refractivity contribution in [1.29, 1.82) is 5.26 Å². The molecule has 1 fully saturated rings. The van der Waals surface area contributed by atoms with Gasteiger partial charge in [0, 0.05) is 19.0 Å². The second-order valence-electron chi connectivity index (χ2n) is 4.14. The van der Waals surface area contributed by atoms with Crippen LogP contribution in [0, 0.1) is 11.3 Å². The van der Waals surface area contributed by atoms with Crippen molar-refractivity contribution < 1.29 is 9.53 Å². The van der Waals surface area contributed by atoms with Crippen molar-refractivity contribution in [2.24, 2.45) is 0 Å². The average Bonchev–Trinajstić information content (AvgIpc) is 2.40. The van der Waals surface area contributed by atoms with Gasteiger partial charge in [0.05, 0.1) is 24.5 Å². The predicted octanol–water partition coefficient (Wildman–Crippen LogP) is 0.875. The molecule has 0 aromatic heterocycles. The molecular weight excluding hydrogens is 230 g/mol. The summed E-state index contributed by atoms with van der Waals surface area (Å²) in [4.78, 5) is 11.8. The zero-order chi connectivity index (χ0) is 12.8. The van der Waals surface area contributed by atoms with Crippen LogP contribution in [-0.4, -0.2) is 31.7 Å². The molecule has 18 heavy (non-hydrogen) atoms. The molecule has 0 aliphatic carbocycles. The monoisotopic (exact) mass is 245 g/mol. The van der Waals surface area contributed by atoms with Crippen LogP contribution in [0.4, 0.5) is 5.69 Å². The van der Waals surface area contributed by atoms with Crippen molar-refractivity contribution in [2.45, 2.75) is 12.5 Å². The van der Waals surface area contributed by atoms with E-state index >= 15 is 0 Å². The largest absolute Gasteiger partial charge is 0.378 e. The van der Waals surface area contributed by atoms with Crippen LogP contribution in [0.5, 0.6) is 0 Å². The highest BCUT2D eigenvalue weighted by atomic mass is 16.5. The zero-order valence-corrected chi connectivity index (χ0v) is 9.98. The molecule has 2 N–H and O–H groups in total. The number of nitriles is 1. The maximum absolute atomic E-state index is 11.8. The Balaban J connectivity index is 1.92. The number of benzene rings is 1. The molecule has 5 nitrogen and oxygen atoms in total. The number of hydrogen-bond donors (Lipinski definition) is 2. The summed E-state index contributed by atoms with van der Waals surface area (Å²) < 4.78 is 5.28. The second kappa shape index (κ2) is 6.15. The van der Waals surface area contributed by atoms with Gasteiger partial charge >= 0.3 is 0 Å². The van der Waals surface area contributed by atoms with Crippen molar-refractivity contribution >= 4 is 11.6 Å². The predicted molar refractivity (Wildman–Crippen MR) is 67.0 cm³/mol. The summed E-state index contributed by atoms with van der Waals surface area (Å²) in [5, 5.41) is 14.9. The van der Waals surface area contributed by atoms with E-state index in [0.717, 1.165) is 6.54 Å². The molecular formula is C13H15N3O2. The third-order valence-corrected chi connectivity index (χ3v) is 2.75. The number of rotatable bonds is 3. The number of para-hydroxylation sites is 1. The van der Waals surface area contributed by atoms with Gasteiger partial charge in [-0.3, -0.25) is 4.79 Å². The number of carbonyl (C=O) groups is 1. The molecule has 0 saturated carbocycles. The Morgan fingerprint density at radius 1 is 1.56 bits per heavy atom. The van der Waals surface area contributed by atoms with E-state index in [1.54, 1.807) is 24.3 Å². The number of carbonyl (C=O) groups excluding carboxylic acids is 1. The van der Waals surface area contributed by atoms with Crippen molar-refractivity contribution in [3.63, 3.8) is 0 Å². The Morgan fingerprint density at radius 3 is 3.11 bits per heavy atom. The van der Waals surface area contributed by atoms with Gasteiger partial charge in [-0.2, -0.15) is 5.26 Å². The van der Waals surface area contributed by atoms with Crippen molar-refractivity contribution in [3.8, 4) is 6.07 Å². The van der Waals surface area contributed by atoms with E-state index in [-0.39, 0.29) is 11.9 Å². The Labute approximate surface area is 106 Å². The summed E-state index contributed by atoms with van der Waals surface area (Å²) >= 11 is 0. The van der Waals surface area contributed by atoms with E-state index in [0.29, 0.717) is 30.9 Å². The summed E-state index contributed by atoms with van der Waals surface area (Å²) in [6, 6.07) is 9.06. The molecule has 0 radical (unpaired) electrons. The van der Waals surface area contributed by atoms with Crippen LogP contribution in [-0.2, 0) is 9.53 Å². The number of nitrogens with zero attached hydrogens (tertiary/aromatic N) is 1. The summed E-state index contributed by atoms with van der Waals surface area (Å²) in [7, 11) is 0. The van der Waals surface area contributed by atoms with Gasteiger partial charge in [-0.1, -0.05) is 12.1 Å². The van der Waals surface area contributed by atoms with Gasteiger partial charge in [-0.25, -0.2) is 0 Å². The van der Waals surface area contributed by atoms with Crippen molar-refractivity contribution in [2.75, 3.05) is 25.1 Å². The van der Waals surface area contributed by atoms with Crippen molar-refractivity contribution in [3.05, 3.63) is 29.8 Å². The van der Waals surface area contributed by atoms with Gasteiger partial charge in [-0.15, -0.1) is 0 Å². The maximum atomic E-state index is 11.8. The molecule has 94 valence electrons. The Hall–Kier alpha value is -1.90. The molecule has 0 spiro atoms. The summed E-state index contributed by atoms with van der Waals surface area (Å²) in [6.45, 7) is 2.01. The summed E-state index contributed by atoms with van der Waals surface area (Å²) in [5.74, 6) is -0.110. The minimum atomic E-state index is -0.110. The lowest BCUT2D eigenvalue weighted by Crippen LogP contribution is -2.43. The lowest BCUT2D eigenvalue weighted by Gasteiger charge is -2.23. The fraction of sp³-hybridized carbons (Fsp3) is 0.385. The Bertz CT molecular complexity index is 462. The van der Waals surface area contributed by atoms with Crippen LogP contribution in [0.1, 0.15) is 12.0 Å². The molecule has 1 aromatic rings. The number of nitrogens with one attached hydrogen (secondary N) is 2. The molecule has 0 bridgehead atoms. The average molecular weight is 245 g/mol. The molecule has 1 saturated heterocycles. The normalized spacial score (nSPS) is 18.9. The van der Waals surface area contributed by atoms with E-state index < -0.39 is 0 Å². The number of amides is 1. The van der Waals surface area contributed by atoms with E-state index in [1.807, 2.05) is 6.07 Å².